The fourth-order valence-corrected chi connectivity index (χ4v) is 2.13. The summed E-state index contributed by atoms with van der Waals surface area (Å²) in [4.78, 5) is 2.47. The predicted molar refractivity (Wildman–Crippen MR) is 64.2 cm³/mol. The van der Waals surface area contributed by atoms with Crippen LogP contribution < -0.4 is 5.32 Å². The maximum absolute atomic E-state index is 5.51. The SMILES string of the molecule is CCN(CC)CCCNC1CCOC1C. The van der Waals surface area contributed by atoms with Crippen molar-refractivity contribution in [3.8, 4) is 0 Å². The van der Waals surface area contributed by atoms with Crippen molar-refractivity contribution in [2.24, 2.45) is 0 Å². The van der Waals surface area contributed by atoms with Gasteiger partial charge in [-0.25, -0.2) is 0 Å². The summed E-state index contributed by atoms with van der Waals surface area (Å²) in [6.07, 6.45) is 2.82. The lowest BCUT2D eigenvalue weighted by atomic mass is 10.1. The third-order valence-electron chi connectivity index (χ3n) is 3.33. The van der Waals surface area contributed by atoms with Crippen molar-refractivity contribution < 1.29 is 4.74 Å². The van der Waals surface area contributed by atoms with Gasteiger partial charge in [-0.05, 0) is 45.9 Å². The van der Waals surface area contributed by atoms with Gasteiger partial charge < -0.3 is 15.0 Å². The summed E-state index contributed by atoms with van der Waals surface area (Å²) in [5.41, 5.74) is 0. The number of rotatable bonds is 7. The van der Waals surface area contributed by atoms with Crippen molar-refractivity contribution in [1.82, 2.24) is 10.2 Å². The van der Waals surface area contributed by atoms with Gasteiger partial charge in [-0.2, -0.15) is 0 Å². The van der Waals surface area contributed by atoms with E-state index in [1.807, 2.05) is 0 Å². The lowest BCUT2D eigenvalue weighted by Crippen LogP contribution is -2.36. The molecule has 0 aromatic carbocycles. The van der Waals surface area contributed by atoms with Crippen LogP contribution in [0.2, 0.25) is 0 Å². The molecule has 15 heavy (non-hydrogen) atoms. The van der Waals surface area contributed by atoms with Crippen LogP contribution >= 0.6 is 0 Å². The van der Waals surface area contributed by atoms with Gasteiger partial charge >= 0.3 is 0 Å². The van der Waals surface area contributed by atoms with Gasteiger partial charge in [-0.15, -0.1) is 0 Å². The fourth-order valence-electron chi connectivity index (χ4n) is 2.13. The topological polar surface area (TPSA) is 24.5 Å². The Morgan fingerprint density at radius 1 is 1.33 bits per heavy atom. The van der Waals surface area contributed by atoms with E-state index in [9.17, 15) is 0 Å². The molecule has 1 heterocycles. The van der Waals surface area contributed by atoms with Crippen LogP contribution in [-0.2, 0) is 4.74 Å². The minimum absolute atomic E-state index is 0.401. The minimum Gasteiger partial charge on any atom is -0.377 e. The van der Waals surface area contributed by atoms with E-state index in [-0.39, 0.29) is 0 Å². The highest BCUT2D eigenvalue weighted by molar-refractivity contribution is 4.78. The van der Waals surface area contributed by atoms with Crippen molar-refractivity contribution in [1.29, 1.82) is 0 Å². The molecular formula is C12H26N2O. The summed E-state index contributed by atoms with van der Waals surface area (Å²) in [6.45, 7) is 12.2. The zero-order valence-corrected chi connectivity index (χ0v) is 10.5. The summed E-state index contributed by atoms with van der Waals surface area (Å²) < 4.78 is 5.51. The number of ether oxygens (including phenoxy) is 1. The number of hydrogen-bond acceptors (Lipinski definition) is 3. The molecule has 0 saturated carbocycles. The first-order valence-electron chi connectivity index (χ1n) is 6.35. The van der Waals surface area contributed by atoms with E-state index in [2.05, 4.69) is 31.0 Å². The summed E-state index contributed by atoms with van der Waals surface area (Å²) >= 11 is 0. The van der Waals surface area contributed by atoms with Gasteiger partial charge in [0.15, 0.2) is 0 Å². The van der Waals surface area contributed by atoms with Crippen LogP contribution in [-0.4, -0.2) is 49.8 Å². The second-order valence-electron chi connectivity index (χ2n) is 4.31. The van der Waals surface area contributed by atoms with Crippen LogP contribution in [0.25, 0.3) is 0 Å². The van der Waals surface area contributed by atoms with Crippen LogP contribution in [0.3, 0.4) is 0 Å². The number of nitrogens with zero attached hydrogens (tertiary/aromatic N) is 1. The molecule has 2 unspecified atom stereocenters. The zero-order chi connectivity index (χ0) is 11.1. The highest BCUT2D eigenvalue weighted by Crippen LogP contribution is 2.12. The Kier molecular flexibility index (Phi) is 6.22. The first kappa shape index (κ1) is 12.9. The minimum atomic E-state index is 0.401. The van der Waals surface area contributed by atoms with E-state index in [4.69, 9.17) is 4.74 Å². The highest BCUT2D eigenvalue weighted by atomic mass is 16.5. The molecule has 0 spiro atoms. The molecule has 1 N–H and O–H groups in total. The first-order valence-corrected chi connectivity index (χ1v) is 6.35. The van der Waals surface area contributed by atoms with Crippen molar-refractivity contribution in [2.45, 2.75) is 45.8 Å². The summed E-state index contributed by atoms with van der Waals surface area (Å²) in [7, 11) is 0. The molecule has 1 fully saturated rings. The standard InChI is InChI=1S/C12H26N2O/c1-4-14(5-2)9-6-8-13-12-7-10-15-11(12)3/h11-13H,4-10H2,1-3H3. The molecule has 3 nitrogen and oxygen atoms in total. The molecule has 1 saturated heterocycles. The molecular weight excluding hydrogens is 188 g/mol. The Labute approximate surface area is 94.2 Å². The van der Waals surface area contributed by atoms with Crippen molar-refractivity contribution in [2.75, 3.05) is 32.8 Å². The molecule has 3 heteroatoms. The molecule has 2 atom stereocenters. The second kappa shape index (κ2) is 7.20. The maximum atomic E-state index is 5.51. The van der Waals surface area contributed by atoms with Gasteiger partial charge in [0, 0.05) is 12.6 Å². The van der Waals surface area contributed by atoms with Gasteiger partial charge in [-0.3, -0.25) is 0 Å². The summed E-state index contributed by atoms with van der Waals surface area (Å²) in [6, 6.07) is 0.585. The van der Waals surface area contributed by atoms with Gasteiger partial charge in [0.1, 0.15) is 0 Å². The molecule has 0 aliphatic carbocycles. The van der Waals surface area contributed by atoms with E-state index >= 15 is 0 Å². The number of hydrogen-bond donors (Lipinski definition) is 1. The molecule has 1 rings (SSSR count). The quantitative estimate of drug-likeness (QED) is 0.650. The molecule has 0 bridgehead atoms. The van der Waals surface area contributed by atoms with Crippen molar-refractivity contribution in [3.05, 3.63) is 0 Å². The van der Waals surface area contributed by atoms with Crippen molar-refractivity contribution >= 4 is 0 Å². The van der Waals surface area contributed by atoms with Gasteiger partial charge in [0.2, 0.25) is 0 Å². The maximum Gasteiger partial charge on any atom is 0.0700 e. The monoisotopic (exact) mass is 214 g/mol. The second-order valence-corrected chi connectivity index (χ2v) is 4.31. The Morgan fingerprint density at radius 3 is 2.60 bits per heavy atom. The van der Waals surface area contributed by atoms with E-state index in [1.54, 1.807) is 0 Å². The Bertz CT molecular complexity index is 160. The third-order valence-corrected chi connectivity index (χ3v) is 3.33. The smallest absolute Gasteiger partial charge is 0.0700 e. The molecule has 1 aliphatic rings. The molecule has 0 radical (unpaired) electrons. The van der Waals surface area contributed by atoms with E-state index in [0.29, 0.717) is 12.1 Å². The molecule has 0 amide bonds. The molecule has 1 aliphatic heterocycles. The van der Waals surface area contributed by atoms with Gasteiger partial charge in [-0.1, -0.05) is 13.8 Å². The first-order chi connectivity index (χ1) is 7.27. The van der Waals surface area contributed by atoms with Gasteiger partial charge in [0.25, 0.3) is 0 Å². The van der Waals surface area contributed by atoms with Crippen LogP contribution in [0.15, 0.2) is 0 Å². The highest BCUT2D eigenvalue weighted by Gasteiger charge is 2.22. The van der Waals surface area contributed by atoms with E-state index < -0.39 is 0 Å². The third kappa shape index (κ3) is 4.49. The number of nitrogens with one attached hydrogen (secondary N) is 1. The van der Waals surface area contributed by atoms with E-state index in [1.165, 1.54) is 32.5 Å². The summed E-state index contributed by atoms with van der Waals surface area (Å²) in [5.74, 6) is 0. The Morgan fingerprint density at radius 2 is 2.07 bits per heavy atom. The lowest BCUT2D eigenvalue weighted by Gasteiger charge is -2.20. The normalized spacial score (nSPS) is 26.4. The average Bonchev–Trinajstić information content (AvgIpc) is 2.65. The van der Waals surface area contributed by atoms with E-state index in [0.717, 1.165) is 13.2 Å². The van der Waals surface area contributed by atoms with Crippen LogP contribution in [0.4, 0.5) is 0 Å². The van der Waals surface area contributed by atoms with Crippen LogP contribution in [0.1, 0.15) is 33.6 Å². The fraction of sp³-hybridized carbons (Fsp3) is 1.00. The summed E-state index contributed by atoms with van der Waals surface area (Å²) in [5, 5.41) is 3.58. The van der Waals surface area contributed by atoms with Crippen molar-refractivity contribution in [3.63, 3.8) is 0 Å². The van der Waals surface area contributed by atoms with Crippen LogP contribution in [0.5, 0.6) is 0 Å². The Hall–Kier alpha value is -0.120. The zero-order valence-electron chi connectivity index (χ0n) is 10.5. The van der Waals surface area contributed by atoms with Crippen LogP contribution in [0, 0.1) is 0 Å². The molecule has 0 aromatic rings. The lowest BCUT2D eigenvalue weighted by molar-refractivity contribution is 0.113. The van der Waals surface area contributed by atoms with Gasteiger partial charge in [0.05, 0.1) is 6.10 Å². The molecule has 0 aromatic heterocycles. The average molecular weight is 214 g/mol. The molecule has 90 valence electrons. The largest absolute Gasteiger partial charge is 0.377 e. The predicted octanol–water partition coefficient (Wildman–Crippen LogP) is 1.49. The Balaban J connectivity index is 2.01.